The molecule has 2 aromatic carbocycles. The number of rotatable bonds is 11. The molecule has 0 aliphatic heterocycles. The van der Waals surface area contributed by atoms with E-state index < -0.39 is 0 Å². The van der Waals surface area contributed by atoms with E-state index in [1.807, 2.05) is 25.3 Å². The second kappa shape index (κ2) is 12.3. The minimum Gasteiger partial charge on any atom is -0.398 e. The van der Waals surface area contributed by atoms with Gasteiger partial charge in [-0.15, -0.1) is 0 Å². The third-order valence-electron chi connectivity index (χ3n) is 6.80. The van der Waals surface area contributed by atoms with Gasteiger partial charge in [-0.2, -0.15) is 0 Å². The van der Waals surface area contributed by atoms with Gasteiger partial charge in [-0.3, -0.25) is 4.98 Å². The highest BCUT2D eigenvalue weighted by Gasteiger charge is 2.27. The maximum Gasteiger partial charge on any atom is 0.0404 e. The van der Waals surface area contributed by atoms with Crippen LogP contribution < -0.4 is 11.1 Å². The van der Waals surface area contributed by atoms with Crippen LogP contribution in [0.15, 0.2) is 79.0 Å². The molecule has 1 aliphatic carbocycles. The lowest BCUT2D eigenvalue weighted by Gasteiger charge is -2.31. The average molecular weight is 465 g/mol. The van der Waals surface area contributed by atoms with E-state index in [1.54, 1.807) is 0 Å². The summed E-state index contributed by atoms with van der Waals surface area (Å²) in [5, 5.41) is 11.3. The molecule has 1 heterocycles. The summed E-state index contributed by atoms with van der Waals surface area (Å²) in [6.07, 6.45) is 13.2. The molecule has 0 saturated heterocycles. The topological polar surface area (TPSA) is 74.8 Å². The molecule has 0 atom stereocenters. The van der Waals surface area contributed by atoms with Crippen LogP contribution in [-0.4, -0.2) is 24.3 Å². The van der Waals surface area contributed by atoms with Crippen LogP contribution >= 0.6 is 0 Å². The van der Waals surface area contributed by atoms with E-state index in [0.29, 0.717) is 11.6 Å². The molecule has 4 N–H and O–H groups in total. The van der Waals surface area contributed by atoms with Crippen molar-refractivity contribution in [3.05, 3.63) is 107 Å². The van der Waals surface area contributed by atoms with Crippen LogP contribution in [0.2, 0.25) is 0 Å². The van der Waals surface area contributed by atoms with Crippen molar-refractivity contribution in [2.24, 2.45) is 5.92 Å². The van der Waals surface area contributed by atoms with Crippen molar-refractivity contribution in [1.29, 1.82) is 5.41 Å². The Morgan fingerprint density at radius 1 is 1.06 bits per heavy atom. The number of anilines is 1. The Morgan fingerprint density at radius 3 is 2.51 bits per heavy atom. The van der Waals surface area contributed by atoms with Gasteiger partial charge in [0.05, 0.1) is 0 Å². The minimum absolute atomic E-state index is 0.524. The largest absolute Gasteiger partial charge is 0.398 e. The lowest BCUT2D eigenvalue weighted by molar-refractivity contribution is 0.401. The highest BCUT2D eigenvalue weighted by Crippen LogP contribution is 2.45. The van der Waals surface area contributed by atoms with Gasteiger partial charge in [0, 0.05) is 41.5 Å². The molecular formula is C31H36N4. The minimum atomic E-state index is 0.524. The summed E-state index contributed by atoms with van der Waals surface area (Å²) in [4.78, 5) is 4.85. The number of nitrogens with zero attached hydrogens (tertiary/aromatic N) is 1. The first-order valence-corrected chi connectivity index (χ1v) is 12.7. The lowest BCUT2D eigenvalue weighted by Crippen LogP contribution is -2.16. The van der Waals surface area contributed by atoms with Crippen molar-refractivity contribution in [2.75, 3.05) is 18.8 Å². The predicted octanol–water partition coefficient (Wildman–Crippen LogP) is 6.52. The van der Waals surface area contributed by atoms with Crippen LogP contribution in [0.25, 0.3) is 11.1 Å². The van der Waals surface area contributed by atoms with Crippen LogP contribution in [0.5, 0.6) is 0 Å². The van der Waals surface area contributed by atoms with Crippen molar-refractivity contribution < 1.29 is 0 Å². The predicted molar refractivity (Wildman–Crippen MR) is 149 cm³/mol. The smallest absolute Gasteiger partial charge is 0.0404 e. The molecule has 3 aromatic rings. The first kappa shape index (κ1) is 24.6. The van der Waals surface area contributed by atoms with E-state index in [2.05, 4.69) is 66.0 Å². The fourth-order valence-corrected chi connectivity index (χ4v) is 4.65. The van der Waals surface area contributed by atoms with E-state index in [-0.39, 0.29) is 0 Å². The molecule has 4 heteroatoms. The van der Waals surface area contributed by atoms with Crippen LogP contribution in [-0.2, 0) is 6.42 Å². The molecule has 4 rings (SSSR count). The van der Waals surface area contributed by atoms with Gasteiger partial charge in [0.25, 0.3) is 0 Å². The van der Waals surface area contributed by atoms with Crippen molar-refractivity contribution in [3.63, 3.8) is 0 Å². The number of nitrogens with one attached hydrogen (secondary N) is 2. The normalized spacial score (nSPS) is 14.5. The fraction of sp³-hybridized carbons (Fsp3) is 0.290. The van der Waals surface area contributed by atoms with Crippen molar-refractivity contribution in [1.82, 2.24) is 10.3 Å². The monoisotopic (exact) mass is 464 g/mol. The number of benzene rings is 2. The summed E-state index contributed by atoms with van der Waals surface area (Å²) in [7, 11) is 0. The van der Waals surface area contributed by atoms with Gasteiger partial charge in [0.2, 0.25) is 0 Å². The standard InChI is InChI=1S/C31H36N4/c1-2-3-18-34-19-8-13-28-16-14-26(22-35-28)31(25-15-17-29(33)27(20-25)21-32)30(24-11-7-12-24)23-9-5-4-6-10-23/h2-6,9-10,14-17,20-22,24,32,34H,7-8,11-13,18-19,33H2,1H3/b3-2+,31-30+,32-21?. The molecule has 0 radical (unpaired) electrons. The molecule has 1 saturated carbocycles. The van der Waals surface area contributed by atoms with E-state index in [1.165, 1.54) is 42.2 Å². The summed E-state index contributed by atoms with van der Waals surface area (Å²) in [6.45, 7) is 3.94. The van der Waals surface area contributed by atoms with E-state index in [4.69, 9.17) is 16.1 Å². The third kappa shape index (κ3) is 6.14. The molecule has 0 spiro atoms. The number of nitrogen functional groups attached to an aromatic ring is 1. The molecular weight excluding hydrogens is 428 g/mol. The van der Waals surface area contributed by atoms with Gasteiger partial charge in [-0.25, -0.2) is 0 Å². The number of nitrogens with two attached hydrogens (primary N) is 1. The maximum absolute atomic E-state index is 7.83. The first-order chi connectivity index (χ1) is 17.2. The number of aryl methyl sites for hydroxylation is 1. The van der Waals surface area contributed by atoms with Crippen molar-refractivity contribution in [2.45, 2.75) is 39.0 Å². The molecule has 1 fully saturated rings. The summed E-state index contributed by atoms with van der Waals surface area (Å²) < 4.78 is 0. The zero-order valence-electron chi connectivity index (χ0n) is 20.6. The second-order valence-corrected chi connectivity index (χ2v) is 9.19. The van der Waals surface area contributed by atoms with Crippen molar-refractivity contribution in [3.8, 4) is 0 Å². The zero-order valence-corrected chi connectivity index (χ0v) is 20.6. The molecule has 180 valence electrons. The number of aromatic nitrogens is 1. The number of hydrogen-bond acceptors (Lipinski definition) is 4. The third-order valence-corrected chi connectivity index (χ3v) is 6.80. The summed E-state index contributed by atoms with van der Waals surface area (Å²) in [5.41, 5.74) is 14.7. The van der Waals surface area contributed by atoms with Crippen LogP contribution in [0.4, 0.5) is 5.69 Å². The summed E-state index contributed by atoms with van der Waals surface area (Å²) in [5.74, 6) is 0.524. The average Bonchev–Trinajstić information content (AvgIpc) is 2.87. The Kier molecular flexibility index (Phi) is 8.63. The summed E-state index contributed by atoms with van der Waals surface area (Å²) in [6, 6.07) is 21.2. The molecule has 35 heavy (non-hydrogen) atoms. The van der Waals surface area contributed by atoms with Gasteiger partial charge in [0.1, 0.15) is 0 Å². The van der Waals surface area contributed by atoms with E-state index in [0.717, 1.165) is 48.3 Å². The summed E-state index contributed by atoms with van der Waals surface area (Å²) >= 11 is 0. The fourth-order valence-electron chi connectivity index (χ4n) is 4.65. The van der Waals surface area contributed by atoms with Gasteiger partial charge < -0.3 is 16.5 Å². The highest BCUT2D eigenvalue weighted by atomic mass is 14.8. The molecule has 1 aromatic heterocycles. The van der Waals surface area contributed by atoms with Gasteiger partial charge in [-0.05, 0) is 85.5 Å². The van der Waals surface area contributed by atoms with E-state index in [9.17, 15) is 0 Å². The van der Waals surface area contributed by atoms with Crippen LogP contribution in [0.1, 0.15) is 60.6 Å². The quantitative estimate of drug-likeness (QED) is 0.0994. The first-order valence-electron chi connectivity index (χ1n) is 12.7. The Hall–Kier alpha value is -3.50. The number of allylic oxidation sites excluding steroid dienone is 2. The molecule has 0 amide bonds. The lowest BCUT2D eigenvalue weighted by atomic mass is 9.73. The van der Waals surface area contributed by atoms with Gasteiger partial charge >= 0.3 is 0 Å². The van der Waals surface area contributed by atoms with Crippen LogP contribution in [0.3, 0.4) is 0 Å². The Balaban J connectivity index is 1.71. The Bertz CT molecular complexity index is 1170. The molecule has 4 nitrogen and oxygen atoms in total. The SMILES string of the molecule is C/C=C/CNCCCc1ccc(/C(=C(\c2ccccc2)C2CCC2)c2ccc(N)c(C=N)c2)cn1. The van der Waals surface area contributed by atoms with E-state index >= 15 is 0 Å². The zero-order chi connectivity index (χ0) is 24.5. The van der Waals surface area contributed by atoms with Gasteiger partial charge in [0.15, 0.2) is 0 Å². The van der Waals surface area contributed by atoms with Crippen molar-refractivity contribution >= 4 is 23.0 Å². The Labute approximate surface area is 209 Å². The van der Waals surface area contributed by atoms with Crippen LogP contribution in [0, 0.1) is 11.3 Å². The highest BCUT2D eigenvalue weighted by molar-refractivity contribution is 6.00. The number of hydrogen-bond donors (Lipinski definition) is 3. The second-order valence-electron chi connectivity index (χ2n) is 9.19. The molecule has 0 bridgehead atoms. The Morgan fingerprint density at radius 2 is 1.86 bits per heavy atom. The maximum atomic E-state index is 7.83. The van der Waals surface area contributed by atoms with Gasteiger partial charge in [-0.1, -0.05) is 61.0 Å². The molecule has 0 unspecified atom stereocenters. The number of pyridine rings is 1. The molecule has 1 aliphatic rings.